The van der Waals surface area contributed by atoms with Crippen molar-refractivity contribution < 1.29 is 4.74 Å². The summed E-state index contributed by atoms with van der Waals surface area (Å²) in [4.78, 5) is 6.77. The van der Waals surface area contributed by atoms with Crippen LogP contribution in [0.3, 0.4) is 0 Å². The van der Waals surface area contributed by atoms with E-state index in [0.717, 1.165) is 22.8 Å². The maximum Gasteiger partial charge on any atom is 0.174 e. The zero-order valence-corrected chi connectivity index (χ0v) is 20.8. The van der Waals surface area contributed by atoms with Gasteiger partial charge in [0.15, 0.2) is 5.11 Å². The normalized spacial score (nSPS) is 17.6. The molecule has 0 spiro atoms. The van der Waals surface area contributed by atoms with E-state index in [9.17, 15) is 0 Å². The fourth-order valence-corrected chi connectivity index (χ4v) is 5.08. The van der Waals surface area contributed by atoms with Crippen LogP contribution in [0.4, 0.5) is 5.69 Å². The number of halogens is 1. The fourth-order valence-electron chi connectivity index (χ4n) is 4.48. The van der Waals surface area contributed by atoms with Gasteiger partial charge in [-0.15, -0.1) is 0 Å². The average Bonchev–Trinajstić information content (AvgIpc) is 3.45. The van der Waals surface area contributed by atoms with Crippen LogP contribution in [0.15, 0.2) is 79.1 Å². The first-order valence-corrected chi connectivity index (χ1v) is 11.9. The zero-order valence-electron chi connectivity index (χ0n) is 19.2. The number of anilines is 1. The number of rotatable bonds is 5. The Hall–Kier alpha value is -3.35. The molecular formula is C27H25ClN4OS. The van der Waals surface area contributed by atoms with Gasteiger partial charge in [-0.05, 0) is 91.8 Å². The number of hydrogen-bond acceptors (Lipinski definition) is 3. The van der Waals surface area contributed by atoms with Gasteiger partial charge in [-0.2, -0.15) is 0 Å². The predicted molar refractivity (Wildman–Crippen MR) is 141 cm³/mol. The number of hydrogen-bond donors (Lipinski definition) is 1. The molecule has 1 aliphatic heterocycles. The van der Waals surface area contributed by atoms with E-state index < -0.39 is 0 Å². The minimum atomic E-state index is -0.150. The predicted octanol–water partition coefficient (Wildman–Crippen LogP) is 6.33. The van der Waals surface area contributed by atoms with E-state index in [2.05, 4.69) is 70.1 Å². The lowest BCUT2D eigenvalue weighted by Crippen LogP contribution is -2.30. The summed E-state index contributed by atoms with van der Waals surface area (Å²) in [6.45, 7) is 4.26. The summed E-state index contributed by atoms with van der Waals surface area (Å²) in [7, 11) is 1.61. The van der Waals surface area contributed by atoms with Crippen LogP contribution in [0.5, 0.6) is 5.75 Å². The van der Waals surface area contributed by atoms with Gasteiger partial charge in [-0.3, -0.25) is 4.98 Å². The summed E-state index contributed by atoms with van der Waals surface area (Å²) in [6, 6.07) is 22.1. The van der Waals surface area contributed by atoms with Gasteiger partial charge >= 0.3 is 0 Å². The lowest BCUT2D eigenvalue weighted by molar-refractivity contribution is 0.415. The van der Waals surface area contributed by atoms with Crippen molar-refractivity contribution in [3.8, 4) is 11.4 Å². The fraction of sp³-hybridized carbons (Fsp3) is 0.185. The van der Waals surface area contributed by atoms with Crippen molar-refractivity contribution in [2.75, 3.05) is 12.0 Å². The zero-order chi connectivity index (χ0) is 23.8. The van der Waals surface area contributed by atoms with Gasteiger partial charge in [0.25, 0.3) is 0 Å². The molecule has 7 heteroatoms. The number of aromatic nitrogens is 2. The first kappa shape index (κ1) is 22.4. The quantitative estimate of drug-likeness (QED) is 0.332. The molecule has 172 valence electrons. The number of benzene rings is 2. The van der Waals surface area contributed by atoms with Gasteiger partial charge in [0.05, 0.1) is 23.9 Å². The lowest BCUT2D eigenvalue weighted by atomic mass is 10.0. The van der Waals surface area contributed by atoms with E-state index in [1.54, 1.807) is 7.11 Å². The third-order valence-electron chi connectivity index (χ3n) is 6.36. The highest BCUT2D eigenvalue weighted by Gasteiger charge is 2.42. The number of ether oxygens (including phenoxy) is 1. The molecule has 2 aromatic heterocycles. The van der Waals surface area contributed by atoms with Crippen LogP contribution in [0.2, 0.25) is 5.02 Å². The first-order valence-electron chi connectivity index (χ1n) is 11.1. The molecule has 1 N–H and O–H groups in total. The van der Waals surface area contributed by atoms with Crippen molar-refractivity contribution >= 4 is 34.6 Å². The lowest BCUT2D eigenvalue weighted by Gasteiger charge is -2.29. The average molecular weight is 489 g/mol. The smallest absolute Gasteiger partial charge is 0.174 e. The second kappa shape index (κ2) is 9.12. The molecular weight excluding hydrogens is 464 g/mol. The molecule has 5 rings (SSSR count). The number of nitrogens with zero attached hydrogens (tertiary/aromatic N) is 3. The van der Waals surface area contributed by atoms with Gasteiger partial charge in [0.1, 0.15) is 11.8 Å². The largest absolute Gasteiger partial charge is 0.495 e. The maximum absolute atomic E-state index is 6.51. The molecule has 0 saturated carbocycles. The van der Waals surface area contributed by atoms with Crippen LogP contribution in [0, 0.1) is 13.8 Å². The molecule has 34 heavy (non-hydrogen) atoms. The molecule has 0 bridgehead atoms. The molecule has 1 saturated heterocycles. The highest BCUT2D eigenvalue weighted by atomic mass is 35.5. The van der Waals surface area contributed by atoms with Crippen LogP contribution >= 0.6 is 23.8 Å². The Labute approximate surface area is 210 Å². The van der Waals surface area contributed by atoms with Crippen LogP contribution in [0.25, 0.3) is 5.69 Å². The Morgan fingerprint density at radius 2 is 1.79 bits per heavy atom. The van der Waals surface area contributed by atoms with E-state index >= 15 is 0 Å². The SMILES string of the molecule is COc1ccc(N2C(=S)N[C@@H](c3ccccn3)[C@H]2c2cccn2-c2ccc(C)c(C)c2)cc1Cl. The van der Waals surface area contributed by atoms with Crippen LogP contribution in [0.1, 0.15) is 34.6 Å². The third-order valence-corrected chi connectivity index (χ3v) is 6.97. The van der Waals surface area contributed by atoms with E-state index in [-0.39, 0.29) is 12.1 Å². The van der Waals surface area contributed by atoms with Gasteiger partial charge < -0.3 is 19.5 Å². The Bertz CT molecular complexity index is 1350. The minimum absolute atomic E-state index is 0.144. The number of methoxy groups -OCH3 is 1. The van der Waals surface area contributed by atoms with Gasteiger partial charge in [0, 0.05) is 29.5 Å². The van der Waals surface area contributed by atoms with Crippen molar-refractivity contribution in [1.29, 1.82) is 0 Å². The number of thiocarbonyl (C=S) groups is 1. The van der Waals surface area contributed by atoms with Crippen molar-refractivity contribution in [3.63, 3.8) is 0 Å². The summed E-state index contributed by atoms with van der Waals surface area (Å²) in [6.07, 6.45) is 3.90. The molecule has 1 aliphatic rings. The summed E-state index contributed by atoms with van der Waals surface area (Å²) in [5.41, 5.74) is 6.52. The summed E-state index contributed by atoms with van der Waals surface area (Å²) in [5, 5.41) is 4.67. The van der Waals surface area contributed by atoms with Gasteiger partial charge in [-0.25, -0.2) is 0 Å². The molecule has 0 amide bonds. The van der Waals surface area contributed by atoms with Crippen LogP contribution in [-0.4, -0.2) is 21.8 Å². The van der Waals surface area contributed by atoms with E-state index in [1.165, 1.54) is 11.1 Å². The van der Waals surface area contributed by atoms with Crippen LogP contribution in [-0.2, 0) is 0 Å². The molecule has 0 aliphatic carbocycles. The van der Waals surface area contributed by atoms with Crippen molar-refractivity contribution in [2.24, 2.45) is 0 Å². The Kier molecular flexibility index (Phi) is 6.02. The van der Waals surface area contributed by atoms with Crippen molar-refractivity contribution in [1.82, 2.24) is 14.9 Å². The van der Waals surface area contributed by atoms with Crippen molar-refractivity contribution in [3.05, 3.63) is 107 Å². The van der Waals surface area contributed by atoms with Gasteiger partial charge in [-0.1, -0.05) is 23.7 Å². The summed E-state index contributed by atoms with van der Waals surface area (Å²) in [5.74, 6) is 0.625. The van der Waals surface area contributed by atoms with Crippen LogP contribution < -0.4 is 15.0 Å². The number of pyridine rings is 1. The van der Waals surface area contributed by atoms with Gasteiger partial charge in [0.2, 0.25) is 0 Å². The molecule has 0 radical (unpaired) electrons. The topological polar surface area (TPSA) is 42.3 Å². The van der Waals surface area contributed by atoms with E-state index in [0.29, 0.717) is 15.9 Å². The minimum Gasteiger partial charge on any atom is -0.495 e. The molecule has 4 aromatic rings. The van der Waals surface area contributed by atoms with E-state index in [4.69, 9.17) is 28.6 Å². The molecule has 3 heterocycles. The molecule has 5 nitrogen and oxygen atoms in total. The standard InChI is InChI=1S/C27H25ClN4OS/c1-17-9-10-19(15-18(17)2)31-14-6-8-23(31)26-25(22-7-4-5-13-29-22)30-27(34)32(26)20-11-12-24(33-3)21(28)16-20/h4-16,25-26H,1-3H3,(H,30,34)/t25-,26+/m0/s1. The second-order valence-corrected chi connectivity index (χ2v) is 9.18. The Morgan fingerprint density at radius 1 is 0.971 bits per heavy atom. The molecule has 0 unspecified atom stereocenters. The first-order chi connectivity index (χ1) is 16.5. The molecule has 2 atom stereocenters. The number of aryl methyl sites for hydroxylation is 2. The Morgan fingerprint density at radius 3 is 2.50 bits per heavy atom. The monoisotopic (exact) mass is 488 g/mol. The summed E-state index contributed by atoms with van der Waals surface area (Å²) >= 11 is 12.4. The third kappa shape index (κ3) is 3.93. The van der Waals surface area contributed by atoms with E-state index in [1.807, 2.05) is 42.6 Å². The molecule has 2 aromatic carbocycles. The second-order valence-electron chi connectivity index (χ2n) is 8.39. The maximum atomic E-state index is 6.51. The Balaban J connectivity index is 1.67. The summed E-state index contributed by atoms with van der Waals surface area (Å²) < 4.78 is 7.59. The highest BCUT2D eigenvalue weighted by molar-refractivity contribution is 7.80. The number of nitrogens with one attached hydrogen (secondary N) is 1. The molecule has 1 fully saturated rings. The van der Waals surface area contributed by atoms with Crippen molar-refractivity contribution in [2.45, 2.75) is 25.9 Å². The highest BCUT2D eigenvalue weighted by Crippen LogP contribution is 2.43.